The van der Waals surface area contributed by atoms with Gasteiger partial charge in [-0.1, -0.05) is 48.5 Å². The average Bonchev–Trinajstić information content (AvgIpc) is 3.02. The van der Waals surface area contributed by atoms with Crippen molar-refractivity contribution in [3.8, 4) is 0 Å². The molecule has 3 aromatic carbocycles. The van der Waals surface area contributed by atoms with E-state index in [0.29, 0.717) is 57.6 Å². The highest BCUT2D eigenvalue weighted by Gasteiger charge is 2.40. The molecule has 5 rings (SSSR count). The maximum atomic E-state index is 13.7. The van der Waals surface area contributed by atoms with Crippen LogP contribution in [-0.4, -0.2) is 77.9 Å². The van der Waals surface area contributed by atoms with Crippen molar-refractivity contribution >= 4 is 17.5 Å². The predicted octanol–water partition coefficient (Wildman–Crippen LogP) is 6.81. The Balaban J connectivity index is 1.28. The summed E-state index contributed by atoms with van der Waals surface area (Å²) in [5.41, 5.74) is 0.0733. The molecule has 252 valence electrons. The van der Waals surface area contributed by atoms with E-state index in [0.717, 1.165) is 22.4 Å². The minimum atomic E-state index is -5.05. The summed E-state index contributed by atoms with van der Waals surface area (Å²) in [6.07, 6.45) is -8.65. The molecule has 2 atom stereocenters. The second-order valence-corrected chi connectivity index (χ2v) is 12.4. The lowest BCUT2D eigenvalue weighted by atomic mass is 9.90. The molecule has 6 nitrogen and oxygen atoms in total. The van der Waals surface area contributed by atoms with Crippen LogP contribution in [0.2, 0.25) is 0 Å². The van der Waals surface area contributed by atoms with Gasteiger partial charge in [0.05, 0.1) is 17.7 Å². The van der Waals surface area contributed by atoms with Crippen molar-refractivity contribution in [2.45, 2.75) is 57.5 Å². The lowest BCUT2D eigenvalue weighted by molar-refractivity contribution is -0.143. The first-order valence-electron chi connectivity index (χ1n) is 15.7. The smallest absolute Gasteiger partial charge is 0.335 e. The zero-order valence-corrected chi connectivity index (χ0v) is 26.3. The fraction of sp³-hybridized carbons (Fsp3) is 0.429. The van der Waals surface area contributed by atoms with E-state index in [1.807, 2.05) is 62.4 Å². The van der Waals surface area contributed by atoms with E-state index in [4.69, 9.17) is 0 Å². The molecule has 47 heavy (non-hydrogen) atoms. The molecule has 3 aromatic rings. The molecule has 0 saturated carbocycles. The Hall–Kier alpha value is -3.90. The van der Waals surface area contributed by atoms with E-state index in [9.17, 15) is 35.9 Å². The molecule has 0 bridgehead atoms. The summed E-state index contributed by atoms with van der Waals surface area (Å²) in [4.78, 5) is 32.4. The summed E-state index contributed by atoms with van der Waals surface area (Å²) in [6, 6.07) is 15.9. The first kappa shape index (κ1) is 34.4. The number of hydrogen-bond donors (Lipinski definition) is 1. The second-order valence-electron chi connectivity index (χ2n) is 12.4. The van der Waals surface area contributed by atoms with Crippen molar-refractivity contribution in [1.82, 2.24) is 14.7 Å². The number of benzene rings is 3. The van der Waals surface area contributed by atoms with Crippen LogP contribution in [0.1, 0.15) is 51.0 Å². The standard InChI is InChI=1S/C35H38F6N4O2/c1-23-7-6-8-24(2)32(23)42-31(46)22-43-13-15-44(16-14-43)29-11-12-45(30(21-29)17-25-9-4-3-5-10-25)33(47)26-18-27(34(36,37)38)20-28(19-26)35(39,40)41/h3-10,18-20,29-30H,11-17,21-22H2,1-2H3,(H,42,46)/t29-,30-/m1/s1. The molecule has 2 saturated heterocycles. The number of nitrogens with one attached hydrogen (secondary N) is 1. The van der Waals surface area contributed by atoms with Crippen molar-refractivity contribution in [1.29, 1.82) is 0 Å². The highest BCUT2D eigenvalue weighted by Crippen LogP contribution is 2.37. The fourth-order valence-corrected chi connectivity index (χ4v) is 6.63. The van der Waals surface area contributed by atoms with E-state index in [-0.39, 0.29) is 31.1 Å². The van der Waals surface area contributed by atoms with Crippen LogP contribution in [0, 0.1) is 13.8 Å². The zero-order chi connectivity index (χ0) is 33.9. The minimum Gasteiger partial charge on any atom is -0.335 e. The molecule has 1 N–H and O–H groups in total. The number of rotatable bonds is 7. The number of piperidine rings is 1. The summed E-state index contributed by atoms with van der Waals surface area (Å²) >= 11 is 0. The summed E-state index contributed by atoms with van der Waals surface area (Å²) in [5, 5.41) is 3.03. The number of amides is 2. The van der Waals surface area contributed by atoms with Gasteiger partial charge in [0.15, 0.2) is 0 Å². The van der Waals surface area contributed by atoms with E-state index in [1.54, 1.807) is 0 Å². The van der Waals surface area contributed by atoms with E-state index >= 15 is 0 Å². The highest BCUT2D eigenvalue weighted by atomic mass is 19.4. The van der Waals surface area contributed by atoms with Gasteiger partial charge in [0.2, 0.25) is 5.91 Å². The Bertz CT molecular complexity index is 1520. The Labute approximate surface area is 270 Å². The third kappa shape index (κ3) is 8.53. The quantitative estimate of drug-likeness (QED) is 0.283. The molecule has 2 aliphatic heterocycles. The van der Waals surface area contributed by atoms with Crippen LogP contribution in [0.4, 0.5) is 32.0 Å². The van der Waals surface area contributed by atoms with Crippen LogP contribution in [0.25, 0.3) is 0 Å². The van der Waals surface area contributed by atoms with E-state index in [2.05, 4.69) is 15.1 Å². The summed E-state index contributed by atoms with van der Waals surface area (Å²) in [6.45, 7) is 7.04. The molecule has 2 fully saturated rings. The van der Waals surface area contributed by atoms with Crippen LogP contribution in [0.5, 0.6) is 0 Å². The van der Waals surface area contributed by atoms with Crippen LogP contribution in [0.15, 0.2) is 66.7 Å². The lowest BCUT2D eigenvalue weighted by Gasteiger charge is -2.46. The summed E-state index contributed by atoms with van der Waals surface area (Å²) < 4.78 is 81.4. The SMILES string of the molecule is Cc1cccc(C)c1NC(=O)CN1CCN([C@@H]2CCN(C(=O)c3cc(C(F)(F)F)cc(C(F)(F)F)c3)[C@H](Cc3ccccc3)C2)CC1. The number of nitrogens with zero attached hydrogens (tertiary/aromatic N) is 3. The number of anilines is 1. The molecular weight excluding hydrogens is 622 g/mol. The van der Waals surface area contributed by atoms with Crippen molar-refractivity contribution in [2.24, 2.45) is 0 Å². The van der Waals surface area contributed by atoms with Crippen molar-refractivity contribution in [3.05, 3.63) is 100 Å². The van der Waals surface area contributed by atoms with Gasteiger partial charge in [0, 0.05) is 56.1 Å². The maximum absolute atomic E-state index is 13.7. The predicted molar refractivity (Wildman–Crippen MR) is 167 cm³/mol. The molecule has 0 unspecified atom stereocenters. The number of alkyl halides is 6. The van der Waals surface area contributed by atoms with Crippen LogP contribution >= 0.6 is 0 Å². The first-order chi connectivity index (χ1) is 22.2. The number of likely N-dealkylation sites (tertiary alicyclic amines) is 1. The molecule has 0 spiro atoms. The number of aryl methyl sites for hydroxylation is 2. The topological polar surface area (TPSA) is 55.9 Å². The zero-order valence-electron chi connectivity index (χ0n) is 26.3. The monoisotopic (exact) mass is 660 g/mol. The van der Waals surface area contributed by atoms with Gasteiger partial charge in [-0.3, -0.25) is 19.4 Å². The Morgan fingerprint density at radius 1 is 0.787 bits per heavy atom. The first-order valence-corrected chi connectivity index (χ1v) is 15.7. The maximum Gasteiger partial charge on any atom is 0.416 e. The summed E-state index contributed by atoms with van der Waals surface area (Å²) in [7, 11) is 0. The normalized spacial score (nSPS) is 19.9. The summed E-state index contributed by atoms with van der Waals surface area (Å²) in [5.74, 6) is -0.936. The van der Waals surface area contributed by atoms with Gasteiger partial charge in [-0.15, -0.1) is 0 Å². The van der Waals surface area contributed by atoms with Gasteiger partial charge in [0.25, 0.3) is 5.91 Å². The Morgan fingerprint density at radius 3 is 1.96 bits per heavy atom. The highest BCUT2D eigenvalue weighted by molar-refractivity contribution is 5.95. The number of para-hydroxylation sites is 1. The van der Waals surface area contributed by atoms with Crippen molar-refractivity contribution in [2.75, 3.05) is 44.6 Å². The number of carbonyl (C=O) groups is 2. The van der Waals surface area contributed by atoms with Gasteiger partial charge in [-0.2, -0.15) is 26.3 Å². The van der Waals surface area contributed by atoms with Gasteiger partial charge in [-0.25, -0.2) is 0 Å². The molecule has 0 aliphatic carbocycles. The number of halogens is 6. The molecule has 2 aliphatic rings. The van der Waals surface area contributed by atoms with Gasteiger partial charge < -0.3 is 10.2 Å². The Kier molecular flexibility index (Phi) is 10.3. The van der Waals surface area contributed by atoms with Gasteiger partial charge in [0.1, 0.15) is 0 Å². The van der Waals surface area contributed by atoms with Crippen molar-refractivity contribution in [3.63, 3.8) is 0 Å². The Morgan fingerprint density at radius 2 is 1.38 bits per heavy atom. The minimum absolute atomic E-state index is 0.0392. The number of piperazine rings is 1. The largest absolute Gasteiger partial charge is 0.416 e. The molecule has 0 aromatic heterocycles. The third-order valence-electron chi connectivity index (χ3n) is 9.13. The van der Waals surface area contributed by atoms with Crippen molar-refractivity contribution < 1.29 is 35.9 Å². The van der Waals surface area contributed by atoms with Gasteiger partial charge in [-0.05, 0) is 68.0 Å². The molecule has 0 radical (unpaired) electrons. The van der Waals surface area contributed by atoms with Crippen LogP contribution < -0.4 is 5.32 Å². The second kappa shape index (κ2) is 14.1. The lowest BCUT2D eigenvalue weighted by Crippen LogP contribution is -2.57. The molecule has 2 amide bonds. The third-order valence-corrected chi connectivity index (χ3v) is 9.13. The average molecular weight is 661 g/mol. The fourth-order valence-electron chi connectivity index (χ4n) is 6.63. The molecule has 12 heteroatoms. The van der Waals surface area contributed by atoms with Crippen LogP contribution in [0.3, 0.4) is 0 Å². The number of hydrogen-bond acceptors (Lipinski definition) is 4. The van der Waals surface area contributed by atoms with E-state index < -0.39 is 41.0 Å². The molecule has 2 heterocycles. The number of carbonyl (C=O) groups excluding carboxylic acids is 2. The van der Waals surface area contributed by atoms with Crippen LogP contribution in [-0.2, 0) is 23.6 Å². The van der Waals surface area contributed by atoms with Gasteiger partial charge >= 0.3 is 12.4 Å². The van der Waals surface area contributed by atoms with E-state index in [1.165, 1.54) is 4.90 Å². The molecular formula is C35H38F6N4O2.